The van der Waals surface area contributed by atoms with Crippen molar-refractivity contribution in [3.63, 3.8) is 0 Å². The molecule has 0 aromatic carbocycles. The first-order chi connectivity index (χ1) is 16.5. The normalized spacial score (nSPS) is 19.1. The molecule has 1 aliphatic carbocycles. The summed E-state index contributed by atoms with van der Waals surface area (Å²) in [5.74, 6) is 2.19. The quantitative estimate of drug-likeness (QED) is 0.726. The summed E-state index contributed by atoms with van der Waals surface area (Å²) in [7, 11) is 5.75. The second-order valence-corrected chi connectivity index (χ2v) is 9.72. The molecule has 0 unspecified atom stereocenters. The number of likely N-dealkylation sites (N-methyl/N-ethyl adjacent to an activating group) is 2. The third-order valence-corrected chi connectivity index (χ3v) is 7.04. The third-order valence-electron chi connectivity index (χ3n) is 7.04. The topological polar surface area (TPSA) is 80.7 Å². The zero-order valence-electron chi connectivity index (χ0n) is 20.4. The molecule has 180 valence electrons. The molecule has 4 heterocycles. The maximum Gasteiger partial charge on any atom is 0.251 e. The Bertz CT molecular complexity index is 1050. The van der Waals surface area contributed by atoms with Gasteiger partial charge in [0.15, 0.2) is 0 Å². The molecule has 1 amide bonds. The number of anilines is 4. The van der Waals surface area contributed by atoms with E-state index in [0.717, 1.165) is 67.5 Å². The lowest BCUT2D eigenvalue weighted by atomic mass is 10.0. The van der Waals surface area contributed by atoms with Crippen LogP contribution in [-0.4, -0.2) is 90.6 Å². The molecular weight excluding hydrogens is 428 g/mol. The van der Waals surface area contributed by atoms with Crippen molar-refractivity contribution in [3.8, 4) is 0 Å². The summed E-state index contributed by atoms with van der Waals surface area (Å²) in [6, 6.07) is 4.49. The van der Waals surface area contributed by atoms with Crippen molar-refractivity contribution in [1.29, 1.82) is 0 Å². The second-order valence-electron chi connectivity index (χ2n) is 9.72. The van der Waals surface area contributed by atoms with Crippen molar-refractivity contribution < 1.29 is 4.79 Å². The van der Waals surface area contributed by atoms with Crippen molar-refractivity contribution in [2.24, 2.45) is 0 Å². The summed E-state index contributed by atoms with van der Waals surface area (Å²) in [5, 5.41) is 3.27. The average molecular weight is 463 g/mol. The van der Waals surface area contributed by atoms with E-state index in [4.69, 9.17) is 4.98 Å². The van der Waals surface area contributed by atoms with Crippen LogP contribution < -0.4 is 15.1 Å². The van der Waals surface area contributed by atoms with Gasteiger partial charge in [0.2, 0.25) is 5.95 Å². The molecule has 9 heteroatoms. The van der Waals surface area contributed by atoms with E-state index in [0.29, 0.717) is 18.5 Å². The van der Waals surface area contributed by atoms with Crippen molar-refractivity contribution in [2.75, 3.05) is 69.0 Å². The van der Waals surface area contributed by atoms with Crippen LogP contribution >= 0.6 is 0 Å². The van der Waals surface area contributed by atoms with Crippen LogP contribution in [0.5, 0.6) is 0 Å². The molecule has 0 atom stereocenters. The first-order valence-corrected chi connectivity index (χ1v) is 12.2. The predicted octanol–water partition coefficient (Wildman–Crippen LogP) is 2.60. The Hall–Kier alpha value is -3.20. The van der Waals surface area contributed by atoms with Gasteiger partial charge in [0.05, 0.1) is 18.4 Å². The molecule has 0 radical (unpaired) electrons. The number of fused-ring (bicyclic) bond motifs is 1. The molecule has 3 aliphatic rings. The zero-order chi connectivity index (χ0) is 23.7. The standard InChI is InChI=1S/C25H34N8O/c1-30(2)24(34)19-14-18-15-27-25(29-23(18)33(17-19)20-6-4-5-7-20)28-22-9-8-21(16-26-22)32-12-10-31(3)11-13-32/h8-9,14-16,20H,4-7,10-13,17H2,1-3H3,(H,26,27,28,29). The van der Waals surface area contributed by atoms with Gasteiger partial charge in [0, 0.05) is 63.6 Å². The number of aromatic nitrogens is 3. The molecule has 1 saturated carbocycles. The van der Waals surface area contributed by atoms with E-state index in [1.807, 2.05) is 24.5 Å². The van der Waals surface area contributed by atoms with E-state index >= 15 is 0 Å². The molecule has 2 aromatic rings. The minimum Gasteiger partial charge on any atom is -0.368 e. The van der Waals surface area contributed by atoms with Gasteiger partial charge in [0.25, 0.3) is 5.91 Å². The van der Waals surface area contributed by atoms with E-state index in [1.54, 1.807) is 19.0 Å². The lowest BCUT2D eigenvalue weighted by Gasteiger charge is -2.35. The van der Waals surface area contributed by atoms with Gasteiger partial charge in [-0.05, 0) is 38.1 Å². The number of amides is 1. The Morgan fingerprint density at radius 3 is 2.50 bits per heavy atom. The van der Waals surface area contributed by atoms with Crippen molar-refractivity contribution in [1.82, 2.24) is 24.8 Å². The number of carbonyl (C=O) groups excluding carboxylic acids is 1. The monoisotopic (exact) mass is 462 g/mol. The van der Waals surface area contributed by atoms with Crippen LogP contribution in [0.1, 0.15) is 31.2 Å². The SMILES string of the molecule is CN1CCN(c2ccc(Nc3ncc4c(n3)N(C3CCCC3)CC(C(=O)N(C)C)=C4)nc2)CC1. The molecule has 9 nitrogen and oxygen atoms in total. The van der Waals surface area contributed by atoms with Gasteiger partial charge < -0.3 is 24.9 Å². The van der Waals surface area contributed by atoms with Crippen LogP contribution in [0.25, 0.3) is 6.08 Å². The summed E-state index contributed by atoms with van der Waals surface area (Å²) in [4.78, 5) is 35.4. The van der Waals surface area contributed by atoms with Crippen LogP contribution in [0.4, 0.5) is 23.3 Å². The predicted molar refractivity (Wildman–Crippen MR) is 136 cm³/mol. The smallest absolute Gasteiger partial charge is 0.251 e. The minimum absolute atomic E-state index is 0.0421. The highest BCUT2D eigenvalue weighted by molar-refractivity contribution is 6.00. The van der Waals surface area contributed by atoms with E-state index in [1.165, 1.54) is 12.8 Å². The number of nitrogens with zero attached hydrogens (tertiary/aromatic N) is 7. The Balaban J connectivity index is 1.36. The molecule has 2 fully saturated rings. The number of rotatable bonds is 5. The average Bonchev–Trinajstić information content (AvgIpc) is 3.39. The van der Waals surface area contributed by atoms with Gasteiger partial charge in [-0.2, -0.15) is 4.98 Å². The molecule has 0 spiro atoms. The molecule has 1 saturated heterocycles. The van der Waals surface area contributed by atoms with Crippen LogP contribution in [0, 0.1) is 0 Å². The number of hydrogen-bond donors (Lipinski definition) is 1. The van der Waals surface area contributed by atoms with E-state index in [9.17, 15) is 4.79 Å². The van der Waals surface area contributed by atoms with Crippen molar-refractivity contribution in [3.05, 3.63) is 35.7 Å². The van der Waals surface area contributed by atoms with Crippen molar-refractivity contribution >= 4 is 35.3 Å². The Labute approximate surface area is 201 Å². The highest BCUT2D eigenvalue weighted by Gasteiger charge is 2.31. The largest absolute Gasteiger partial charge is 0.368 e. The number of carbonyl (C=O) groups is 1. The van der Waals surface area contributed by atoms with Gasteiger partial charge >= 0.3 is 0 Å². The van der Waals surface area contributed by atoms with E-state index in [-0.39, 0.29) is 5.91 Å². The minimum atomic E-state index is 0.0421. The number of pyridine rings is 1. The molecule has 5 rings (SSSR count). The lowest BCUT2D eigenvalue weighted by Crippen LogP contribution is -2.44. The van der Waals surface area contributed by atoms with Crippen LogP contribution in [0.15, 0.2) is 30.1 Å². The fourth-order valence-corrected chi connectivity index (χ4v) is 5.03. The molecule has 0 bridgehead atoms. The van der Waals surface area contributed by atoms with E-state index < -0.39 is 0 Å². The lowest BCUT2D eigenvalue weighted by molar-refractivity contribution is -0.124. The summed E-state index contributed by atoms with van der Waals surface area (Å²) >= 11 is 0. The van der Waals surface area contributed by atoms with Gasteiger partial charge in [-0.1, -0.05) is 12.8 Å². The molecule has 1 N–H and O–H groups in total. The Kier molecular flexibility index (Phi) is 6.36. The van der Waals surface area contributed by atoms with E-state index in [2.05, 4.69) is 43.1 Å². The van der Waals surface area contributed by atoms with Gasteiger partial charge in [-0.15, -0.1) is 0 Å². The summed E-state index contributed by atoms with van der Waals surface area (Å²) in [6.45, 7) is 4.75. The summed E-state index contributed by atoms with van der Waals surface area (Å²) in [6.07, 6.45) is 10.4. The Morgan fingerprint density at radius 2 is 1.82 bits per heavy atom. The molecular formula is C25H34N8O. The fraction of sp³-hybridized carbons (Fsp3) is 0.520. The summed E-state index contributed by atoms with van der Waals surface area (Å²) < 4.78 is 0. The molecule has 2 aliphatic heterocycles. The van der Waals surface area contributed by atoms with Crippen LogP contribution in [0.3, 0.4) is 0 Å². The number of hydrogen-bond acceptors (Lipinski definition) is 8. The summed E-state index contributed by atoms with van der Waals surface area (Å²) in [5.41, 5.74) is 2.82. The highest BCUT2D eigenvalue weighted by atomic mass is 16.2. The fourth-order valence-electron chi connectivity index (χ4n) is 5.03. The highest BCUT2D eigenvalue weighted by Crippen LogP contribution is 2.35. The Morgan fingerprint density at radius 1 is 1.06 bits per heavy atom. The van der Waals surface area contributed by atoms with Gasteiger partial charge in [0.1, 0.15) is 11.6 Å². The zero-order valence-corrected chi connectivity index (χ0v) is 20.4. The molecule has 34 heavy (non-hydrogen) atoms. The second kappa shape index (κ2) is 9.58. The number of piperazine rings is 1. The van der Waals surface area contributed by atoms with Crippen LogP contribution in [-0.2, 0) is 4.79 Å². The number of nitrogens with one attached hydrogen (secondary N) is 1. The maximum absolute atomic E-state index is 12.7. The first-order valence-electron chi connectivity index (χ1n) is 12.2. The van der Waals surface area contributed by atoms with Gasteiger partial charge in [-0.25, -0.2) is 9.97 Å². The first kappa shape index (κ1) is 22.6. The third kappa shape index (κ3) is 4.70. The van der Waals surface area contributed by atoms with Crippen molar-refractivity contribution in [2.45, 2.75) is 31.7 Å². The van der Waals surface area contributed by atoms with Crippen LogP contribution in [0.2, 0.25) is 0 Å². The maximum atomic E-state index is 12.7. The van der Waals surface area contributed by atoms with Gasteiger partial charge in [-0.3, -0.25) is 4.79 Å². The molecule has 2 aromatic heterocycles.